The smallest absolute Gasteiger partial charge is 0.338 e. The SMILES string of the molecule is CCC(OC(=O)c1ccc2nc(-c3ccc(C)cc3)[nH]c2c1)C(=O)Nc1ccc(C)cc1C. The summed E-state index contributed by atoms with van der Waals surface area (Å²) >= 11 is 0. The zero-order valence-electron chi connectivity index (χ0n) is 19.2. The van der Waals surface area contributed by atoms with Gasteiger partial charge >= 0.3 is 5.97 Å². The fourth-order valence-electron chi connectivity index (χ4n) is 3.67. The van der Waals surface area contributed by atoms with Crippen LogP contribution in [0, 0.1) is 20.8 Å². The van der Waals surface area contributed by atoms with Crippen molar-refractivity contribution >= 4 is 28.6 Å². The number of nitrogens with zero attached hydrogens (tertiary/aromatic N) is 1. The van der Waals surface area contributed by atoms with Gasteiger partial charge in [0.25, 0.3) is 5.91 Å². The third-order valence-corrected chi connectivity index (χ3v) is 5.59. The largest absolute Gasteiger partial charge is 0.449 e. The molecule has 1 aromatic heterocycles. The first-order valence-electron chi connectivity index (χ1n) is 11.0. The molecule has 1 atom stereocenters. The first-order valence-corrected chi connectivity index (χ1v) is 11.0. The topological polar surface area (TPSA) is 84.1 Å². The summed E-state index contributed by atoms with van der Waals surface area (Å²) in [6, 6.07) is 19.0. The monoisotopic (exact) mass is 441 g/mol. The molecule has 6 nitrogen and oxygen atoms in total. The molecule has 0 radical (unpaired) electrons. The molecule has 4 rings (SSSR count). The molecule has 4 aromatic rings. The molecule has 6 heteroatoms. The highest BCUT2D eigenvalue weighted by Gasteiger charge is 2.23. The van der Waals surface area contributed by atoms with Crippen molar-refractivity contribution in [2.24, 2.45) is 0 Å². The van der Waals surface area contributed by atoms with E-state index in [1.165, 1.54) is 5.56 Å². The summed E-state index contributed by atoms with van der Waals surface area (Å²) in [5.41, 5.74) is 6.76. The molecular weight excluding hydrogens is 414 g/mol. The molecular formula is C27H27N3O3. The molecule has 33 heavy (non-hydrogen) atoms. The Morgan fingerprint density at radius 3 is 2.39 bits per heavy atom. The van der Waals surface area contributed by atoms with Gasteiger partial charge in [0.2, 0.25) is 0 Å². The van der Waals surface area contributed by atoms with Gasteiger partial charge in [-0.25, -0.2) is 9.78 Å². The molecule has 0 aliphatic rings. The number of aromatic nitrogens is 2. The van der Waals surface area contributed by atoms with Gasteiger partial charge in [-0.15, -0.1) is 0 Å². The fourth-order valence-corrected chi connectivity index (χ4v) is 3.67. The van der Waals surface area contributed by atoms with E-state index >= 15 is 0 Å². The quantitative estimate of drug-likeness (QED) is 0.374. The van der Waals surface area contributed by atoms with Crippen LogP contribution in [0.1, 0.15) is 40.4 Å². The van der Waals surface area contributed by atoms with Crippen LogP contribution in [0.5, 0.6) is 0 Å². The standard InChI is InChI=1S/C27H27N3O3/c1-5-24(26(31)30-21-12-8-17(3)14-18(21)4)33-27(32)20-11-13-22-23(15-20)29-25(28-22)19-9-6-16(2)7-10-19/h6-15,24H,5H2,1-4H3,(H,28,29)(H,30,31). The molecule has 0 spiro atoms. The number of benzene rings is 3. The van der Waals surface area contributed by atoms with E-state index < -0.39 is 12.1 Å². The van der Waals surface area contributed by atoms with Crippen LogP contribution in [0.2, 0.25) is 0 Å². The Kier molecular flexibility index (Phi) is 6.27. The number of amides is 1. The first-order chi connectivity index (χ1) is 15.8. The van der Waals surface area contributed by atoms with Crippen LogP contribution >= 0.6 is 0 Å². The minimum absolute atomic E-state index is 0.345. The number of aryl methyl sites for hydroxylation is 3. The van der Waals surface area contributed by atoms with Gasteiger partial charge in [0.05, 0.1) is 16.6 Å². The first kappa shape index (κ1) is 22.3. The van der Waals surface area contributed by atoms with E-state index in [0.717, 1.165) is 33.5 Å². The summed E-state index contributed by atoms with van der Waals surface area (Å²) < 4.78 is 5.55. The molecule has 0 fully saturated rings. The van der Waals surface area contributed by atoms with Gasteiger partial charge in [0, 0.05) is 11.3 Å². The Bertz CT molecular complexity index is 1320. The average Bonchev–Trinajstić information content (AvgIpc) is 3.23. The molecule has 0 bridgehead atoms. The van der Waals surface area contributed by atoms with Gasteiger partial charge in [0.15, 0.2) is 6.10 Å². The molecule has 1 heterocycles. The number of H-pyrrole nitrogens is 1. The Hall–Kier alpha value is -3.93. The predicted octanol–water partition coefficient (Wildman–Crippen LogP) is 5.73. The van der Waals surface area contributed by atoms with Gasteiger partial charge in [-0.1, -0.05) is 54.4 Å². The van der Waals surface area contributed by atoms with E-state index in [0.29, 0.717) is 17.7 Å². The number of esters is 1. The van der Waals surface area contributed by atoms with E-state index in [9.17, 15) is 9.59 Å². The van der Waals surface area contributed by atoms with Crippen molar-refractivity contribution in [3.63, 3.8) is 0 Å². The Morgan fingerprint density at radius 2 is 1.70 bits per heavy atom. The lowest BCUT2D eigenvalue weighted by Gasteiger charge is -2.17. The van der Waals surface area contributed by atoms with Crippen molar-refractivity contribution in [2.75, 3.05) is 5.32 Å². The van der Waals surface area contributed by atoms with Crippen molar-refractivity contribution in [1.82, 2.24) is 9.97 Å². The number of imidazole rings is 1. The van der Waals surface area contributed by atoms with Gasteiger partial charge in [0.1, 0.15) is 5.82 Å². The summed E-state index contributed by atoms with van der Waals surface area (Å²) in [7, 11) is 0. The Morgan fingerprint density at radius 1 is 0.970 bits per heavy atom. The third-order valence-electron chi connectivity index (χ3n) is 5.59. The van der Waals surface area contributed by atoms with Crippen molar-refractivity contribution < 1.29 is 14.3 Å². The van der Waals surface area contributed by atoms with Crippen molar-refractivity contribution in [3.8, 4) is 11.4 Å². The van der Waals surface area contributed by atoms with Gasteiger partial charge in [-0.2, -0.15) is 0 Å². The summed E-state index contributed by atoms with van der Waals surface area (Å²) in [5, 5.41) is 2.87. The molecule has 0 saturated carbocycles. The van der Waals surface area contributed by atoms with Crippen LogP contribution in [-0.2, 0) is 9.53 Å². The number of carbonyl (C=O) groups is 2. The number of nitrogens with one attached hydrogen (secondary N) is 2. The Labute approximate surface area is 193 Å². The minimum Gasteiger partial charge on any atom is -0.449 e. The highest BCUT2D eigenvalue weighted by atomic mass is 16.5. The van der Waals surface area contributed by atoms with Crippen LogP contribution in [0.3, 0.4) is 0 Å². The normalized spacial score (nSPS) is 11.9. The lowest BCUT2D eigenvalue weighted by atomic mass is 10.1. The van der Waals surface area contributed by atoms with Crippen LogP contribution in [0.15, 0.2) is 60.7 Å². The summed E-state index contributed by atoms with van der Waals surface area (Å²) in [4.78, 5) is 33.4. The molecule has 2 N–H and O–H groups in total. The zero-order valence-corrected chi connectivity index (χ0v) is 19.2. The number of hydrogen-bond donors (Lipinski definition) is 2. The average molecular weight is 442 g/mol. The number of fused-ring (bicyclic) bond motifs is 1. The van der Waals surface area contributed by atoms with Crippen LogP contribution in [0.25, 0.3) is 22.4 Å². The molecule has 0 aliphatic carbocycles. The van der Waals surface area contributed by atoms with Gasteiger partial charge in [-0.3, -0.25) is 4.79 Å². The number of anilines is 1. The predicted molar refractivity (Wildman–Crippen MR) is 130 cm³/mol. The zero-order chi connectivity index (χ0) is 23.5. The van der Waals surface area contributed by atoms with E-state index in [1.54, 1.807) is 18.2 Å². The maximum absolute atomic E-state index is 12.8. The van der Waals surface area contributed by atoms with Gasteiger partial charge in [-0.05, 0) is 57.0 Å². The molecule has 0 saturated heterocycles. The molecule has 1 unspecified atom stereocenters. The van der Waals surface area contributed by atoms with Crippen molar-refractivity contribution in [3.05, 3.63) is 82.9 Å². The van der Waals surface area contributed by atoms with Crippen LogP contribution in [-0.4, -0.2) is 27.9 Å². The second-order valence-corrected chi connectivity index (χ2v) is 8.29. The van der Waals surface area contributed by atoms with Crippen molar-refractivity contribution in [1.29, 1.82) is 0 Å². The van der Waals surface area contributed by atoms with E-state index in [4.69, 9.17) is 4.74 Å². The lowest BCUT2D eigenvalue weighted by molar-refractivity contribution is -0.124. The Balaban J connectivity index is 1.49. The van der Waals surface area contributed by atoms with Gasteiger partial charge < -0.3 is 15.0 Å². The number of rotatable bonds is 6. The third kappa shape index (κ3) is 4.95. The summed E-state index contributed by atoms with van der Waals surface area (Å²) in [5.74, 6) is -0.164. The highest BCUT2D eigenvalue weighted by Crippen LogP contribution is 2.23. The van der Waals surface area contributed by atoms with Crippen LogP contribution in [0.4, 0.5) is 5.69 Å². The second-order valence-electron chi connectivity index (χ2n) is 8.29. The highest BCUT2D eigenvalue weighted by molar-refractivity contribution is 5.99. The van der Waals surface area contributed by atoms with E-state index in [-0.39, 0.29) is 5.91 Å². The van der Waals surface area contributed by atoms with E-state index in [1.807, 2.05) is 70.2 Å². The molecule has 0 aliphatic heterocycles. The molecule has 168 valence electrons. The summed E-state index contributed by atoms with van der Waals surface area (Å²) in [6.07, 6.45) is -0.523. The number of aromatic amines is 1. The summed E-state index contributed by atoms with van der Waals surface area (Å²) in [6.45, 7) is 7.77. The maximum atomic E-state index is 12.8. The maximum Gasteiger partial charge on any atom is 0.338 e. The fraction of sp³-hybridized carbons (Fsp3) is 0.222. The number of ether oxygens (including phenoxy) is 1. The van der Waals surface area contributed by atoms with Crippen molar-refractivity contribution in [2.45, 2.75) is 40.2 Å². The van der Waals surface area contributed by atoms with E-state index in [2.05, 4.69) is 15.3 Å². The number of carbonyl (C=O) groups excluding carboxylic acids is 2. The molecule has 3 aromatic carbocycles. The lowest BCUT2D eigenvalue weighted by Crippen LogP contribution is -2.32. The minimum atomic E-state index is -0.890. The second kappa shape index (κ2) is 9.28. The molecule has 1 amide bonds. The number of hydrogen-bond acceptors (Lipinski definition) is 4. The van der Waals surface area contributed by atoms with Crippen LogP contribution < -0.4 is 5.32 Å².